The summed E-state index contributed by atoms with van der Waals surface area (Å²) in [6, 6.07) is 3.36. The summed E-state index contributed by atoms with van der Waals surface area (Å²) in [5.74, 6) is -0.194. The van der Waals surface area contributed by atoms with E-state index < -0.39 is 0 Å². The molecule has 3 nitrogen and oxygen atoms in total. The van der Waals surface area contributed by atoms with Crippen molar-refractivity contribution in [3.05, 3.63) is 28.5 Å². The van der Waals surface area contributed by atoms with E-state index in [0.29, 0.717) is 11.6 Å². The molecule has 1 saturated heterocycles. The lowest BCUT2D eigenvalue weighted by atomic mass is 10.1. The summed E-state index contributed by atoms with van der Waals surface area (Å²) in [4.78, 5) is 4.81. The zero-order valence-corrected chi connectivity index (χ0v) is 13.6. The van der Waals surface area contributed by atoms with E-state index in [1.54, 1.807) is 6.07 Å². The van der Waals surface area contributed by atoms with Crippen LogP contribution in [-0.4, -0.2) is 56.2 Å². The normalized spacial score (nSPS) is 17.1. The highest BCUT2D eigenvalue weighted by Crippen LogP contribution is 2.29. The lowest BCUT2D eigenvalue weighted by Crippen LogP contribution is -2.44. The molecule has 0 atom stereocenters. The van der Waals surface area contributed by atoms with Crippen LogP contribution in [0.15, 0.2) is 12.1 Å². The predicted octanol–water partition coefficient (Wildman–Crippen LogP) is 3.06. The van der Waals surface area contributed by atoms with Gasteiger partial charge in [-0.1, -0.05) is 11.6 Å². The second-order valence-corrected chi connectivity index (χ2v) is 5.98. The first kappa shape index (κ1) is 16.5. The van der Waals surface area contributed by atoms with Gasteiger partial charge in [-0.15, -0.1) is 0 Å². The van der Waals surface area contributed by atoms with E-state index in [1.165, 1.54) is 0 Å². The van der Waals surface area contributed by atoms with Crippen LogP contribution < -0.4 is 4.74 Å². The van der Waals surface area contributed by atoms with Crippen molar-refractivity contribution >= 4 is 11.6 Å². The number of hydrogen-bond donors (Lipinski definition) is 0. The Bertz CT molecular complexity index is 439. The molecule has 0 spiro atoms. The minimum absolute atomic E-state index is 0.169. The molecule has 0 saturated carbocycles. The molecule has 1 aliphatic rings. The molecule has 0 aromatic heterocycles. The molecule has 0 N–H and O–H groups in total. The predicted molar refractivity (Wildman–Crippen MR) is 84.8 cm³/mol. The fourth-order valence-corrected chi connectivity index (χ4v) is 2.90. The Hall–Kier alpha value is -0.840. The lowest BCUT2D eigenvalue weighted by molar-refractivity contribution is 0.153. The topological polar surface area (TPSA) is 15.7 Å². The summed E-state index contributed by atoms with van der Waals surface area (Å²) in [7, 11) is 2.15. The summed E-state index contributed by atoms with van der Waals surface area (Å²) in [6.45, 7) is 7.79. The smallest absolute Gasteiger partial charge is 0.173 e. The molecule has 1 aliphatic heterocycles. The third-order valence-electron chi connectivity index (χ3n) is 3.88. The number of aryl methyl sites for hydroxylation is 1. The molecule has 21 heavy (non-hydrogen) atoms. The first-order chi connectivity index (χ1) is 10.1. The van der Waals surface area contributed by atoms with Crippen molar-refractivity contribution in [3.63, 3.8) is 0 Å². The SMILES string of the molecule is CCOc1c(F)cc(CCCN2CCN(C)CC2)cc1Cl. The number of hydrogen-bond acceptors (Lipinski definition) is 3. The number of rotatable bonds is 6. The standard InChI is InChI=1S/C16H24ClFN2O/c1-3-21-16-14(17)11-13(12-15(16)18)5-4-6-20-9-7-19(2)8-10-20/h11-12H,3-10H2,1-2H3. The minimum atomic E-state index is -0.362. The van der Waals surface area contributed by atoms with Gasteiger partial charge >= 0.3 is 0 Å². The molecule has 0 unspecified atom stereocenters. The molecule has 0 bridgehead atoms. The van der Waals surface area contributed by atoms with Crippen LogP contribution in [0.1, 0.15) is 18.9 Å². The van der Waals surface area contributed by atoms with Crippen LogP contribution in [0.4, 0.5) is 4.39 Å². The molecule has 2 rings (SSSR count). The monoisotopic (exact) mass is 314 g/mol. The second-order valence-electron chi connectivity index (χ2n) is 5.57. The number of nitrogens with zero attached hydrogens (tertiary/aromatic N) is 2. The van der Waals surface area contributed by atoms with Gasteiger partial charge in [-0.2, -0.15) is 0 Å². The van der Waals surface area contributed by atoms with Crippen molar-refractivity contribution in [3.8, 4) is 5.75 Å². The minimum Gasteiger partial charge on any atom is -0.489 e. The van der Waals surface area contributed by atoms with Gasteiger partial charge in [0.2, 0.25) is 0 Å². The van der Waals surface area contributed by atoms with E-state index in [9.17, 15) is 4.39 Å². The summed E-state index contributed by atoms with van der Waals surface area (Å²) < 4.78 is 19.1. The average molecular weight is 315 g/mol. The van der Waals surface area contributed by atoms with Gasteiger partial charge in [0, 0.05) is 26.2 Å². The highest BCUT2D eigenvalue weighted by atomic mass is 35.5. The van der Waals surface area contributed by atoms with Crippen LogP contribution in [0.3, 0.4) is 0 Å². The van der Waals surface area contributed by atoms with Crippen molar-refractivity contribution in [1.82, 2.24) is 9.80 Å². The molecule has 0 radical (unpaired) electrons. The maximum atomic E-state index is 13.9. The molecular weight excluding hydrogens is 291 g/mol. The van der Waals surface area contributed by atoms with Gasteiger partial charge in [0.05, 0.1) is 11.6 Å². The van der Waals surface area contributed by atoms with Crippen molar-refractivity contribution in [2.75, 3.05) is 46.4 Å². The van der Waals surface area contributed by atoms with Crippen LogP contribution in [-0.2, 0) is 6.42 Å². The second kappa shape index (κ2) is 7.97. The summed E-state index contributed by atoms with van der Waals surface area (Å²) in [5, 5.41) is 0.367. The van der Waals surface area contributed by atoms with Gasteiger partial charge in [0.1, 0.15) is 0 Å². The van der Waals surface area contributed by atoms with Crippen molar-refractivity contribution in [1.29, 1.82) is 0 Å². The van der Waals surface area contributed by atoms with Crippen molar-refractivity contribution in [2.24, 2.45) is 0 Å². The van der Waals surface area contributed by atoms with E-state index in [0.717, 1.165) is 51.1 Å². The van der Waals surface area contributed by atoms with E-state index >= 15 is 0 Å². The summed E-state index contributed by atoms with van der Waals surface area (Å²) in [6.07, 6.45) is 1.86. The molecule has 1 aromatic rings. The molecule has 118 valence electrons. The number of likely N-dealkylation sites (N-methyl/N-ethyl adjacent to an activating group) is 1. The largest absolute Gasteiger partial charge is 0.489 e. The Kier molecular flexibility index (Phi) is 6.27. The maximum Gasteiger partial charge on any atom is 0.173 e. The Balaban J connectivity index is 1.83. The van der Waals surface area contributed by atoms with Crippen LogP contribution in [0, 0.1) is 5.82 Å². The van der Waals surface area contributed by atoms with Crippen LogP contribution >= 0.6 is 11.6 Å². The first-order valence-corrected chi connectivity index (χ1v) is 7.99. The van der Waals surface area contributed by atoms with Crippen LogP contribution in [0.5, 0.6) is 5.75 Å². The van der Waals surface area contributed by atoms with Gasteiger partial charge in [-0.05, 0) is 51.1 Å². The number of ether oxygens (including phenoxy) is 1. The number of halogens is 2. The zero-order chi connectivity index (χ0) is 15.2. The van der Waals surface area contributed by atoms with Gasteiger partial charge in [-0.3, -0.25) is 0 Å². The molecular formula is C16H24ClFN2O. The third kappa shape index (κ3) is 4.83. The maximum absolute atomic E-state index is 13.9. The third-order valence-corrected chi connectivity index (χ3v) is 4.16. The average Bonchev–Trinajstić information content (AvgIpc) is 2.45. The number of benzene rings is 1. The van der Waals surface area contributed by atoms with Crippen molar-refractivity contribution in [2.45, 2.75) is 19.8 Å². The molecule has 1 aromatic carbocycles. The summed E-state index contributed by atoms with van der Waals surface area (Å²) in [5.41, 5.74) is 0.940. The van der Waals surface area contributed by atoms with E-state index in [4.69, 9.17) is 16.3 Å². The fraction of sp³-hybridized carbons (Fsp3) is 0.625. The molecule has 0 aliphatic carbocycles. The van der Waals surface area contributed by atoms with Crippen molar-refractivity contribution < 1.29 is 9.13 Å². The van der Waals surface area contributed by atoms with E-state index in [1.807, 2.05) is 13.0 Å². The van der Waals surface area contributed by atoms with E-state index in [2.05, 4.69) is 16.8 Å². The van der Waals surface area contributed by atoms with Gasteiger partial charge in [0.25, 0.3) is 0 Å². The van der Waals surface area contributed by atoms with E-state index in [-0.39, 0.29) is 11.6 Å². The Morgan fingerprint density at radius 3 is 2.57 bits per heavy atom. The lowest BCUT2D eigenvalue weighted by Gasteiger charge is -2.32. The van der Waals surface area contributed by atoms with Crippen LogP contribution in [0.2, 0.25) is 5.02 Å². The fourth-order valence-electron chi connectivity index (χ4n) is 2.62. The molecule has 0 amide bonds. The molecule has 1 fully saturated rings. The highest BCUT2D eigenvalue weighted by Gasteiger charge is 2.14. The molecule has 1 heterocycles. The summed E-state index contributed by atoms with van der Waals surface area (Å²) >= 11 is 6.08. The zero-order valence-electron chi connectivity index (χ0n) is 12.9. The quantitative estimate of drug-likeness (QED) is 0.802. The Labute approximate surface area is 131 Å². The van der Waals surface area contributed by atoms with Gasteiger partial charge < -0.3 is 14.5 Å². The van der Waals surface area contributed by atoms with Gasteiger partial charge in [-0.25, -0.2) is 4.39 Å². The van der Waals surface area contributed by atoms with Gasteiger partial charge in [0.15, 0.2) is 11.6 Å². The Morgan fingerprint density at radius 1 is 1.24 bits per heavy atom. The highest BCUT2D eigenvalue weighted by molar-refractivity contribution is 6.32. The van der Waals surface area contributed by atoms with Crippen LogP contribution in [0.25, 0.3) is 0 Å². The number of piperazine rings is 1. The molecule has 5 heteroatoms. The first-order valence-electron chi connectivity index (χ1n) is 7.61. The Morgan fingerprint density at radius 2 is 1.95 bits per heavy atom.